The molecule has 3 nitrogen and oxygen atoms in total. The summed E-state index contributed by atoms with van der Waals surface area (Å²) >= 11 is 0. The van der Waals surface area contributed by atoms with Crippen molar-refractivity contribution in [1.29, 1.82) is 5.41 Å². The lowest BCUT2D eigenvalue weighted by atomic mass is 10.2. The quantitative estimate of drug-likeness (QED) is 0.388. The molecular formula is C13H25N3. The molecule has 0 aliphatic carbocycles. The monoisotopic (exact) mass is 223 g/mol. The van der Waals surface area contributed by atoms with Gasteiger partial charge >= 0.3 is 0 Å². The van der Waals surface area contributed by atoms with E-state index in [1.807, 2.05) is 0 Å². The summed E-state index contributed by atoms with van der Waals surface area (Å²) in [4.78, 5) is 0. The van der Waals surface area contributed by atoms with Gasteiger partial charge in [0, 0.05) is 11.3 Å². The fourth-order valence-corrected chi connectivity index (χ4v) is 0.663. The van der Waals surface area contributed by atoms with E-state index in [1.54, 1.807) is 24.3 Å². The van der Waals surface area contributed by atoms with Crippen LogP contribution in [0.15, 0.2) is 24.3 Å². The molecule has 0 heterocycles. The van der Waals surface area contributed by atoms with E-state index in [-0.39, 0.29) is 5.84 Å². The van der Waals surface area contributed by atoms with E-state index in [9.17, 15) is 0 Å². The topological polar surface area (TPSA) is 75.9 Å². The molecule has 92 valence electrons. The average Bonchev–Trinajstić information content (AvgIpc) is 2.20. The third-order valence-electron chi connectivity index (χ3n) is 1.22. The molecular weight excluding hydrogens is 198 g/mol. The first-order chi connectivity index (χ1) is 7.53. The van der Waals surface area contributed by atoms with Gasteiger partial charge in [0.15, 0.2) is 0 Å². The van der Waals surface area contributed by atoms with Gasteiger partial charge < -0.3 is 11.5 Å². The van der Waals surface area contributed by atoms with E-state index in [0.717, 1.165) is 0 Å². The molecule has 0 fully saturated rings. The molecule has 0 spiro atoms. The zero-order valence-corrected chi connectivity index (χ0v) is 10.9. The molecule has 0 bridgehead atoms. The lowest BCUT2D eigenvalue weighted by Crippen LogP contribution is -2.10. The van der Waals surface area contributed by atoms with Crippen LogP contribution in [0.4, 0.5) is 5.69 Å². The fraction of sp³-hybridized carbons (Fsp3) is 0.462. The maximum absolute atomic E-state index is 7.04. The Morgan fingerprint density at radius 3 is 1.56 bits per heavy atom. The highest BCUT2D eigenvalue weighted by atomic mass is 14.7. The number of nitrogens with one attached hydrogen (secondary N) is 1. The van der Waals surface area contributed by atoms with Crippen molar-refractivity contribution in [3.63, 3.8) is 0 Å². The van der Waals surface area contributed by atoms with Crippen LogP contribution in [-0.4, -0.2) is 5.84 Å². The minimum absolute atomic E-state index is 0.0694. The Hall–Kier alpha value is -1.51. The normalized spacial score (nSPS) is 8.00. The van der Waals surface area contributed by atoms with Crippen LogP contribution in [0.25, 0.3) is 0 Å². The van der Waals surface area contributed by atoms with Gasteiger partial charge in [-0.15, -0.1) is 0 Å². The fourth-order valence-electron chi connectivity index (χ4n) is 0.663. The van der Waals surface area contributed by atoms with Gasteiger partial charge in [-0.1, -0.05) is 40.5 Å². The minimum Gasteiger partial charge on any atom is -0.399 e. The molecule has 1 rings (SSSR count). The van der Waals surface area contributed by atoms with Crippen LogP contribution in [0.3, 0.4) is 0 Å². The lowest BCUT2D eigenvalue weighted by Gasteiger charge is -1.96. The summed E-state index contributed by atoms with van der Waals surface area (Å²) in [6, 6.07) is 6.88. The van der Waals surface area contributed by atoms with Crippen molar-refractivity contribution in [2.24, 2.45) is 5.73 Å². The maximum Gasteiger partial charge on any atom is 0.122 e. The molecule has 0 atom stereocenters. The summed E-state index contributed by atoms with van der Waals surface area (Å²) in [7, 11) is 0. The first-order valence-electron chi connectivity index (χ1n) is 5.73. The Balaban J connectivity index is 0. The van der Waals surface area contributed by atoms with Crippen molar-refractivity contribution in [3.05, 3.63) is 29.8 Å². The molecule has 0 aromatic heterocycles. The first-order valence-corrected chi connectivity index (χ1v) is 5.73. The van der Waals surface area contributed by atoms with Gasteiger partial charge in [-0.05, 0) is 24.3 Å². The van der Waals surface area contributed by atoms with Crippen molar-refractivity contribution < 1.29 is 0 Å². The van der Waals surface area contributed by atoms with Crippen molar-refractivity contribution in [2.45, 2.75) is 40.5 Å². The van der Waals surface area contributed by atoms with E-state index < -0.39 is 0 Å². The van der Waals surface area contributed by atoms with Crippen molar-refractivity contribution in [2.75, 3.05) is 5.73 Å². The zero-order valence-electron chi connectivity index (χ0n) is 10.9. The molecule has 5 N–H and O–H groups in total. The summed E-state index contributed by atoms with van der Waals surface area (Å²) in [5.41, 5.74) is 12.0. The molecule has 3 heteroatoms. The predicted octanol–water partition coefficient (Wildman–Crippen LogP) is 3.39. The zero-order chi connectivity index (χ0) is 13.0. The molecule has 0 saturated carbocycles. The lowest BCUT2D eigenvalue weighted by molar-refractivity contribution is 1.09. The highest BCUT2D eigenvalue weighted by molar-refractivity contribution is 5.95. The van der Waals surface area contributed by atoms with Crippen LogP contribution < -0.4 is 11.5 Å². The van der Waals surface area contributed by atoms with Crippen molar-refractivity contribution in [3.8, 4) is 0 Å². The summed E-state index contributed by atoms with van der Waals surface area (Å²) in [5, 5.41) is 7.04. The van der Waals surface area contributed by atoms with Crippen LogP contribution in [0.5, 0.6) is 0 Å². The summed E-state index contributed by atoms with van der Waals surface area (Å²) < 4.78 is 0. The van der Waals surface area contributed by atoms with Gasteiger partial charge in [0.1, 0.15) is 5.84 Å². The van der Waals surface area contributed by atoms with E-state index in [0.29, 0.717) is 11.3 Å². The van der Waals surface area contributed by atoms with Crippen LogP contribution in [0.2, 0.25) is 0 Å². The minimum atomic E-state index is 0.0694. The number of rotatable bonds is 1. The van der Waals surface area contributed by atoms with Crippen molar-refractivity contribution >= 4 is 11.5 Å². The molecule has 0 aliphatic heterocycles. The van der Waals surface area contributed by atoms with Crippen LogP contribution in [0.1, 0.15) is 46.1 Å². The van der Waals surface area contributed by atoms with Crippen LogP contribution >= 0.6 is 0 Å². The van der Waals surface area contributed by atoms with Gasteiger partial charge in [0.25, 0.3) is 0 Å². The van der Waals surface area contributed by atoms with Crippen molar-refractivity contribution in [1.82, 2.24) is 0 Å². The number of benzene rings is 1. The van der Waals surface area contributed by atoms with Gasteiger partial charge in [-0.2, -0.15) is 0 Å². The highest BCUT2D eigenvalue weighted by Gasteiger charge is 1.92. The Labute approximate surface area is 99.4 Å². The predicted molar refractivity (Wildman–Crippen MR) is 73.8 cm³/mol. The standard InChI is InChI=1S/C7H9N3.2C3H8/c8-6-3-1-5(2-4-6)7(9)10;2*1-3-2/h1-4H,8H2,(H3,9,10);2*3H2,1-2H3. The average molecular weight is 223 g/mol. The Morgan fingerprint density at radius 1 is 1.00 bits per heavy atom. The van der Waals surface area contributed by atoms with E-state index in [4.69, 9.17) is 16.9 Å². The first kappa shape index (κ1) is 16.9. The molecule has 16 heavy (non-hydrogen) atoms. The molecule has 1 aromatic rings. The third kappa shape index (κ3) is 10.6. The van der Waals surface area contributed by atoms with E-state index in [1.165, 1.54) is 12.8 Å². The molecule has 1 aromatic carbocycles. The Bertz CT molecular complexity index is 263. The van der Waals surface area contributed by atoms with Gasteiger partial charge in [0.05, 0.1) is 0 Å². The molecule has 0 unspecified atom stereocenters. The van der Waals surface area contributed by atoms with Crippen LogP contribution in [0, 0.1) is 5.41 Å². The summed E-state index contributed by atoms with van der Waals surface area (Å²) in [5.74, 6) is 0.0694. The number of hydrogen-bond donors (Lipinski definition) is 3. The Morgan fingerprint density at radius 2 is 1.31 bits per heavy atom. The number of hydrogen-bond acceptors (Lipinski definition) is 2. The smallest absolute Gasteiger partial charge is 0.122 e. The molecule has 0 radical (unpaired) electrons. The molecule has 0 amide bonds. The van der Waals surface area contributed by atoms with E-state index >= 15 is 0 Å². The number of nitrogens with two attached hydrogens (primary N) is 2. The second-order valence-electron chi connectivity index (χ2n) is 3.45. The van der Waals surface area contributed by atoms with Gasteiger partial charge in [-0.3, -0.25) is 5.41 Å². The number of nitrogen functional groups attached to an aromatic ring is 2. The third-order valence-corrected chi connectivity index (χ3v) is 1.22. The van der Waals surface area contributed by atoms with Gasteiger partial charge in [0.2, 0.25) is 0 Å². The highest BCUT2D eigenvalue weighted by Crippen LogP contribution is 2.03. The largest absolute Gasteiger partial charge is 0.399 e. The molecule has 0 aliphatic rings. The van der Waals surface area contributed by atoms with Crippen LogP contribution in [-0.2, 0) is 0 Å². The number of amidine groups is 1. The molecule has 0 saturated heterocycles. The summed E-state index contributed by atoms with van der Waals surface area (Å²) in [6.07, 6.45) is 2.50. The Kier molecular flexibility index (Phi) is 12.2. The maximum atomic E-state index is 7.04. The second kappa shape index (κ2) is 11.6. The van der Waals surface area contributed by atoms with Gasteiger partial charge in [-0.25, -0.2) is 0 Å². The number of anilines is 1. The SMILES string of the molecule is CCC.CCC.N=C(N)c1ccc(N)cc1. The van der Waals surface area contributed by atoms with E-state index in [2.05, 4.69) is 27.7 Å². The second-order valence-corrected chi connectivity index (χ2v) is 3.45. The summed E-state index contributed by atoms with van der Waals surface area (Å²) in [6.45, 7) is 8.50.